The minimum absolute atomic E-state index is 0.0639. The van der Waals surface area contributed by atoms with Gasteiger partial charge in [0, 0.05) is 30.8 Å². The van der Waals surface area contributed by atoms with E-state index in [-0.39, 0.29) is 24.4 Å². The van der Waals surface area contributed by atoms with Crippen LogP contribution in [0, 0.1) is 10.1 Å². The van der Waals surface area contributed by atoms with Crippen LogP contribution in [0.4, 0.5) is 24.5 Å². The number of nitrogens with one attached hydrogen (secondary N) is 1. The summed E-state index contributed by atoms with van der Waals surface area (Å²) in [4.78, 5) is 10.3. The molecule has 0 unspecified atom stereocenters. The van der Waals surface area contributed by atoms with E-state index in [0.29, 0.717) is 18.7 Å². The van der Waals surface area contributed by atoms with E-state index in [1.54, 1.807) is 0 Å². The first-order valence-electron chi connectivity index (χ1n) is 6.55. The fraction of sp³-hybridized carbons (Fsp3) is 0.538. The highest BCUT2D eigenvalue weighted by Crippen LogP contribution is 2.30. The summed E-state index contributed by atoms with van der Waals surface area (Å²) in [6, 6.07) is 4.16. The molecule has 0 aliphatic carbocycles. The fourth-order valence-corrected chi connectivity index (χ4v) is 1.62. The molecule has 0 aliphatic heterocycles. The molecule has 0 heterocycles. The van der Waals surface area contributed by atoms with Crippen molar-refractivity contribution in [1.82, 2.24) is 0 Å². The Hall–Kier alpha value is -1.99. The number of benzene rings is 1. The predicted molar refractivity (Wildman–Crippen MR) is 72.7 cm³/mol. The molecule has 1 rings (SSSR count). The smallest absolute Gasteiger partial charge is 0.389 e. The Balaban J connectivity index is 2.64. The van der Waals surface area contributed by atoms with Gasteiger partial charge in [-0.15, -0.1) is 0 Å². The molecular formula is C13H17F3N2O3. The zero-order valence-electron chi connectivity index (χ0n) is 11.6. The van der Waals surface area contributed by atoms with Crippen molar-refractivity contribution < 1.29 is 22.8 Å². The van der Waals surface area contributed by atoms with Crippen molar-refractivity contribution >= 4 is 11.4 Å². The van der Waals surface area contributed by atoms with Gasteiger partial charge >= 0.3 is 11.9 Å². The van der Waals surface area contributed by atoms with Crippen molar-refractivity contribution in [3.63, 3.8) is 0 Å². The van der Waals surface area contributed by atoms with Crippen LogP contribution in [0.1, 0.15) is 26.2 Å². The van der Waals surface area contributed by atoms with Gasteiger partial charge in [0.05, 0.1) is 11.5 Å². The molecule has 0 bridgehead atoms. The number of nitro groups is 1. The predicted octanol–water partition coefficient (Wildman–Crippen LogP) is 4.14. The van der Waals surface area contributed by atoms with Crippen molar-refractivity contribution in [2.75, 3.05) is 18.5 Å². The molecule has 0 spiro atoms. The molecule has 0 fully saturated rings. The minimum Gasteiger partial charge on any atom is -0.487 e. The molecule has 0 aliphatic rings. The molecule has 1 aromatic carbocycles. The monoisotopic (exact) mass is 306 g/mol. The Bertz CT molecular complexity index is 478. The second kappa shape index (κ2) is 7.70. The topological polar surface area (TPSA) is 64.4 Å². The molecule has 0 atom stereocenters. The van der Waals surface area contributed by atoms with Gasteiger partial charge in [-0.3, -0.25) is 10.1 Å². The molecule has 5 nitrogen and oxygen atoms in total. The summed E-state index contributed by atoms with van der Waals surface area (Å²) in [5, 5.41) is 13.6. The number of anilines is 1. The molecule has 8 heteroatoms. The average molecular weight is 306 g/mol. The van der Waals surface area contributed by atoms with Crippen LogP contribution in [0.5, 0.6) is 5.75 Å². The molecule has 0 amide bonds. The summed E-state index contributed by atoms with van der Waals surface area (Å²) in [5.41, 5.74) is 0.332. The van der Waals surface area contributed by atoms with Crippen LogP contribution in [0.15, 0.2) is 18.2 Å². The second-order valence-corrected chi connectivity index (χ2v) is 4.43. The first kappa shape index (κ1) is 17.1. The lowest BCUT2D eigenvalue weighted by Crippen LogP contribution is -2.11. The van der Waals surface area contributed by atoms with Crippen molar-refractivity contribution in [1.29, 1.82) is 0 Å². The van der Waals surface area contributed by atoms with E-state index in [4.69, 9.17) is 4.74 Å². The first-order chi connectivity index (χ1) is 9.83. The van der Waals surface area contributed by atoms with Gasteiger partial charge in [-0.25, -0.2) is 0 Å². The van der Waals surface area contributed by atoms with Crippen LogP contribution in [0.25, 0.3) is 0 Å². The van der Waals surface area contributed by atoms with E-state index >= 15 is 0 Å². The Morgan fingerprint density at radius 2 is 2.10 bits per heavy atom. The number of rotatable bonds is 8. The van der Waals surface area contributed by atoms with Crippen molar-refractivity contribution in [2.24, 2.45) is 0 Å². The Labute approximate surface area is 120 Å². The van der Waals surface area contributed by atoms with Gasteiger partial charge in [0.15, 0.2) is 5.75 Å². The maximum absolute atomic E-state index is 12.0. The molecule has 0 aromatic heterocycles. The number of ether oxygens (including phenoxy) is 1. The highest BCUT2D eigenvalue weighted by Gasteiger charge is 2.25. The third-order valence-corrected chi connectivity index (χ3v) is 2.58. The van der Waals surface area contributed by atoms with Crippen LogP contribution in [-0.2, 0) is 0 Å². The average Bonchev–Trinajstić information content (AvgIpc) is 2.40. The molecule has 0 saturated carbocycles. The molecular weight excluding hydrogens is 289 g/mol. The Morgan fingerprint density at radius 1 is 1.38 bits per heavy atom. The van der Waals surface area contributed by atoms with Crippen molar-refractivity contribution in [2.45, 2.75) is 32.4 Å². The minimum atomic E-state index is -4.17. The second-order valence-electron chi connectivity index (χ2n) is 4.43. The van der Waals surface area contributed by atoms with E-state index in [1.807, 2.05) is 6.92 Å². The molecule has 1 aromatic rings. The molecule has 0 saturated heterocycles. The lowest BCUT2D eigenvalue weighted by molar-refractivity contribution is -0.385. The number of nitro benzene ring substituents is 1. The van der Waals surface area contributed by atoms with Crippen LogP contribution < -0.4 is 10.1 Å². The van der Waals surface area contributed by atoms with Gasteiger partial charge in [0.2, 0.25) is 0 Å². The van der Waals surface area contributed by atoms with E-state index in [9.17, 15) is 23.3 Å². The maximum Gasteiger partial charge on any atom is 0.389 e. The Morgan fingerprint density at radius 3 is 2.67 bits per heavy atom. The zero-order chi connectivity index (χ0) is 15.9. The fourth-order valence-electron chi connectivity index (χ4n) is 1.62. The summed E-state index contributed by atoms with van der Waals surface area (Å²) in [6.45, 7) is 2.33. The van der Waals surface area contributed by atoms with E-state index in [2.05, 4.69) is 5.32 Å². The summed E-state index contributed by atoms with van der Waals surface area (Å²) < 4.78 is 41.3. The third kappa shape index (κ3) is 6.33. The summed E-state index contributed by atoms with van der Waals surface area (Å²) in [6.07, 6.45) is -4.41. The lowest BCUT2D eigenvalue weighted by atomic mass is 10.2. The number of hydrogen-bond donors (Lipinski definition) is 1. The molecule has 118 valence electrons. The van der Waals surface area contributed by atoms with Gasteiger partial charge in [0.1, 0.15) is 0 Å². The van der Waals surface area contributed by atoms with Crippen LogP contribution in [0.2, 0.25) is 0 Å². The number of halogens is 3. The van der Waals surface area contributed by atoms with Crippen LogP contribution >= 0.6 is 0 Å². The van der Waals surface area contributed by atoms with E-state index in [1.165, 1.54) is 18.2 Å². The lowest BCUT2D eigenvalue weighted by Gasteiger charge is -2.10. The highest BCUT2D eigenvalue weighted by molar-refractivity contribution is 5.57. The van der Waals surface area contributed by atoms with Crippen molar-refractivity contribution in [3.8, 4) is 5.75 Å². The number of alkyl halides is 3. The maximum atomic E-state index is 12.0. The third-order valence-electron chi connectivity index (χ3n) is 2.58. The van der Waals surface area contributed by atoms with Gasteiger partial charge in [-0.1, -0.05) is 6.92 Å². The molecule has 21 heavy (non-hydrogen) atoms. The highest BCUT2D eigenvalue weighted by atomic mass is 19.4. The summed E-state index contributed by atoms with van der Waals surface area (Å²) in [7, 11) is 0. The van der Waals surface area contributed by atoms with Gasteiger partial charge in [0.25, 0.3) is 0 Å². The standard InChI is InChI=1S/C13H17F3N2O3/c1-2-8-21-12-9-10(4-5-11(12)18(19)20)17-7-3-6-13(14,15)16/h4-5,9,17H,2-3,6-8H2,1H3. The summed E-state index contributed by atoms with van der Waals surface area (Å²) >= 11 is 0. The largest absolute Gasteiger partial charge is 0.487 e. The van der Waals surface area contributed by atoms with Gasteiger partial charge in [-0.05, 0) is 18.9 Å². The van der Waals surface area contributed by atoms with E-state index in [0.717, 1.165) is 0 Å². The van der Waals surface area contributed by atoms with Crippen LogP contribution in [-0.4, -0.2) is 24.3 Å². The SMILES string of the molecule is CCCOc1cc(NCCCC(F)(F)F)ccc1[N+](=O)[O-]. The normalized spacial score (nSPS) is 11.2. The summed E-state index contributed by atoms with van der Waals surface area (Å²) in [5.74, 6) is 0.114. The zero-order valence-corrected chi connectivity index (χ0v) is 11.6. The molecule has 0 radical (unpaired) electrons. The quantitative estimate of drug-likeness (QED) is 0.445. The van der Waals surface area contributed by atoms with Crippen molar-refractivity contribution in [3.05, 3.63) is 28.3 Å². The van der Waals surface area contributed by atoms with Gasteiger partial charge in [-0.2, -0.15) is 13.2 Å². The Kier molecular flexibility index (Phi) is 6.26. The van der Waals surface area contributed by atoms with Gasteiger partial charge < -0.3 is 10.1 Å². The number of hydrogen-bond acceptors (Lipinski definition) is 4. The van der Waals surface area contributed by atoms with E-state index < -0.39 is 17.5 Å². The number of nitrogens with zero attached hydrogens (tertiary/aromatic N) is 1. The van der Waals surface area contributed by atoms with Crippen LogP contribution in [0.3, 0.4) is 0 Å². The molecule has 1 N–H and O–H groups in total. The first-order valence-corrected chi connectivity index (χ1v) is 6.55.